The third-order valence-corrected chi connectivity index (χ3v) is 4.10. The molecule has 3 N–H and O–H groups in total. The van der Waals surface area contributed by atoms with Crippen molar-refractivity contribution >= 4 is 11.6 Å². The van der Waals surface area contributed by atoms with E-state index in [2.05, 4.69) is 10.6 Å². The third-order valence-electron chi connectivity index (χ3n) is 4.10. The first-order valence-corrected chi connectivity index (χ1v) is 6.50. The first-order valence-electron chi connectivity index (χ1n) is 6.50. The van der Waals surface area contributed by atoms with Crippen molar-refractivity contribution in [3.8, 4) is 5.75 Å². The predicted molar refractivity (Wildman–Crippen MR) is 69.5 cm³/mol. The number of carbonyl (C=O) groups is 1. The number of aromatic hydroxyl groups is 1. The second-order valence-corrected chi connectivity index (χ2v) is 5.38. The van der Waals surface area contributed by atoms with Crippen LogP contribution in [0.25, 0.3) is 0 Å². The largest absolute Gasteiger partial charge is 0.508 e. The lowest BCUT2D eigenvalue weighted by molar-refractivity contribution is -0.120. The molecule has 2 heterocycles. The van der Waals surface area contributed by atoms with Crippen LogP contribution in [0.3, 0.4) is 0 Å². The minimum atomic E-state index is 0.0944. The Bertz CT molecular complexity index is 487. The smallest absolute Gasteiger partial charge is 0.229 e. The summed E-state index contributed by atoms with van der Waals surface area (Å²) >= 11 is 0. The molecule has 2 bridgehead atoms. The Morgan fingerprint density at radius 2 is 2.28 bits per heavy atom. The summed E-state index contributed by atoms with van der Waals surface area (Å²) in [4.78, 5) is 12.2. The zero-order chi connectivity index (χ0) is 12.7. The number of amides is 1. The topological polar surface area (TPSA) is 61.4 Å². The second-order valence-electron chi connectivity index (χ2n) is 5.38. The van der Waals surface area contributed by atoms with Crippen molar-refractivity contribution < 1.29 is 9.90 Å². The van der Waals surface area contributed by atoms with Crippen LogP contribution < -0.4 is 10.6 Å². The number of benzene rings is 1. The van der Waals surface area contributed by atoms with Crippen LogP contribution in [0.1, 0.15) is 24.8 Å². The molecule has 1 amide bonds. The van der Waals surface area contributed by atoms with Crippen LogP contribution in [-0.4, -0.2) is 23.1 Å². The number of rotatable bonds is 2. The molecule has 2 fully saturated rings. The van der Waals surface area contributed by atoms with Crippen molar-refractivity contribution in [1.82, 2.24) is 5.32 Å². The van der Waals surface area contributed by atoms with E-state index in [0.29, 0.717) is 12.1 Å². The molecule has 3 rings (SSSR count). The number of fused-ring (bicyclic) bond motifs is 2. The van der Waals surface area contributed by atoms with Crippen molar-refractivity contribution in [2.24, 2.45) is 5.92 Å². The van der Waals surface area contributed by atoms with E-state index in [0.717, 1.165) is 24.1 Å². The summed E-state index contributed by atoms with van der Waals surface area (Å²) < 4.78 is 0. The number of nitrogens with one attached hydrogen (secondary N) is 2. The van der Waals surface area contributed by atoms with Crippen LogP contribution in [-0.2, 0) is 4.79 Å². The highest BCUT2D eigenvalue weighted by Gasteiger charge is 2.42. The van der Waals surface area contributed by atoms with Crippen LogP contribution in [0.15, 0.2) is 18.2 Å². The zero-order valence-electron chi connectivity index (χ0n) is 10.4. The Labute approximate surface area is 106 Å². The maximum Gasteiger partial charge on any atom is 0.229 e. The lowest BCUT2D eigenvalue weighted by Gasteiger charge is -2.20. The van der Waals surface area contributed by atoms with E-state index in [4.69, 9.17) is 0 Å². The standard InChI is InChI=1S/C14H18N2O2/c1-8-6-10(17)3-5-12(8)16-14(18)11-7-9-2-4-13(11)15-9/h3,5-6,9,11,13,15,17H,2,4,7H2,1H3,(H,16,18). The molecular weight excluding hydrogens is 228 g/mol. The van der Waals surface area contributed by atoms with Crippen molar-refractivity contribution in [1.29, 1.82) is 0 Å². The predicted octanol–water partition coefficient (Wildman–Crippen LogP) is 1.78. The van der Waals surface area contributed by atoms with Crippen LogP contribution >= 0.6 is 0 Å². The van der Waals surface area contributed by atoms with E-state index in [-0.39, 0.29) is 17.6 Å². The number of phenols is 1. The van der Waals surface area contributed by atoms with Gasteiger partial charge in [0.1, 0.15) is 5.75 Å². The Morgan fingerprint density at radius 1 is 1.44 bits per heavy atom. The fraction of sp³-hybridized carbons (Fsp3) is 0.500. The normalized spacial score (nSPS) is 29.5. The monoisotopic (exact) mass is 246 g/mol. The summed E-state index contributed by atoms with van der Waals surface area (Å²) in [5.41, 5.74) is 1.68. The van der Waals surface area contributed by atoms with Crippen LogP contribution in [0.4, 0.5) is 5.69 Å². The highest BCUT2D eigenvalue weighted by molar-refractivity contribution is 5.94. The van der Waals surface area contributed by atoms with Gasteiger partial charge in [-0.05, 0) is 49.9 Å². The summed E-state index contributed by atoms with van der Waals surface area (Å²) in [5, 5.41) is 15.8. The molecule has 0 aromatic heterocycles. The number of carbonyl (C=O) groups excluding carboxylic acids is 1. The minimum absolute atomic E-state index is 0.0944. The summed E-state index contributed by atoms with van der Waals surface area (Å²) in [6, 6.07) is 5.90. The average Bonchev–Trinajstić information content (AvgIpc) is 2.94. The second kappa shape index (κ2) is 4.28. The van der Waals surface area contributed by atoms with Crippen molar-refractivity contribution in [2.75, 3.05) is 5.32 Å². The molecule has 0 aliphatic carbocycles. The van der Waals surface area contributed by atoms with Crippen LogP contribution in [0.2, 0.25) is 0 Å². The van der Waals surface area contributed by atoms with Gasteiger partial charge >= 0.3 is 0 Å². The highest BCUT2D eigenvalue weighted by Crippen LogP contribution is 2.34. The van der Waals surface area contributed by atoms with E-state index in [1.54, 1.807) is 18.2 Å². The summed E-state index contributed by atoms with van der Waals surface area (Å²) in [5.74, 6) is 0.424. The zero-order valence-corrected chi connectivity index (χ0v) is 10.4. The number of phenolic OH excluding ortho intramolecular Hbond substituents is 1. The molecule has 3 atom stereocenters. The van der Waals surface area contributed by atoms with Crippen molar-refractivity contribution in [3.05, 3.63) is 23.8 Å². The van der Waals surface area contributed by atoms with Gasteiger partial charge in [-0.1, -0.05) is 0 Å². The molecule has 0 spiro atoms. The summed E-state index contributed by atoms with van der Waals surface area (Å²) in [6.45, 7) is 1.88. The van der Waals surface area contributed by atoms with Crippen LogP contribution in [0.5, 0.6) is 5.75 Å². The Kier molecular flexibility index (Phi) is 2.74. The van der Waals surface area contributed by atoms with Gasteiger partial charge < -0.3 is 15.7 Å². The molecule has 18 heavy (non-hydrogen) atoms. The molecule has 3 unspecified atom stereocenters. The molecule has 2 aliphatic heterocycles. The third kappa shape index (κ3) is 1.97. The molecule has 1 aromatic rings. The molecular formula is C14H18N2O2. The van der Waals surface area contributed by atoms with E-state index in [1.165, 1.54) is 6.42 Å². The Balaban J connectivity index is 1.71. The van der Waals surface area contributed by atoms with E-state index < -0.39 is 0 Å². The Hall–Kier alpha value is -1.55. The lowest BCUT2D eigenvalue weighted by Crippen LogP contribution is -2.33. The van der Waals surface area contributed by atoms with Gasteiger partial charge in [0.25, 0.3) is 0 Å². The van der Waals surface area contributed by atoms with Gasteiger partial charge in [-0.25, -0.2) is 0 Å². The molecule has 2 aliphatic rings. The van der Waals surface area contributed by atoms with Gasteiger partial charge in [-0.15, -0.1) is 0 Å². The average molecular weight is 246 g/mol. The maximum atomic E-state index is 12.2. The van der Waals surface area contributed by atoms with Gasteiger partial charge in [-0.2, -0.15) is 0 Å². The number of hydrogen-bond donors (Lipinski definition) is 3. The first-order chi connectivity index (χ1) is 8.63. The molecule has 4 nitrogen and oxygen atoms in total. The summed E-state index contributed by atoms with van der Waals surface area (Å²) in [6.07, 6.45) is 3.26. The number of hydrogen-bond acceptors (Lipinski definition) is 3. The molecule has 0 saturated carbocycles. The van der Waals surface area contributed by atoms with Gasteiger partial charge in [0, 0.05) is 17.8 Å². The number of anilines is 1. The first kappa shape index (κ1) is 11.5. The van der Waals surface area contributed by atoms with E-state index in [1.807, 2.05) is 6.92 Å². The van der Waals surface area contributed by atoms with E-state index >= 15 is 0 Å². The SMILES string of the molecule is Cc1cc(O)ccc1NC(=O)C1CC2CCC1N2. The lowest BCUT2D eigenvalue weighted by atomic mass is 9.88. The van der Waals surface area contributed by atoms with Gasteiger partial charge in [0.2, 0.25) is 5.91 Å². The van der Waals surface area contributed by atoms with Crippen molar-refractivity contribution in [3.63, 3.8) is 0 Å². The van der Waals surface area contributed by atoms with Gasteiger partial charge in [0.05, 0.1) is 5.92 Å². The maximum absolute atomic E-state index is 12.2. The minimum Gasteiger partial charge on any atom is -0.508 e. The quantitative estimate of drug-likeness (QED) is 0.697. The fourth-order valence-electron chi connectivity index (χ4n) is 3.13. The molecule has 2 saturated heterocycles. The molecule has 4 heteroatoms. The van der Waals surface area contributed by atoms with Crippen LogP contribution in [0, 0.1) is 12.8 Å². The van der Waals surface area contributed by atoms with Crippen molar-refractivity contribution in [2.45, 2.75) is 38.3 Å². The van der Waals surface area contributed by atoms with Gasteiger partial charge in [-0.3, -0.25) is 4.79 Å². The molecule has 96 valence electrons. The molecule has 0 radical (unpaired) electrons. The van der Waals surface area contributed by atoms with E-state index in [9.17, 15) is 9.90 Å². The number of aryl methyl sites for hydroxylation is 1. The molecule has 1 aromatic carbocycles. The van der Waals surface area contributed by atoms with Gasteiger partial charge in [0.15, 0.2) is 0 Å². The highest BCUT2D eigenvalue weighted by atomic mass is 16.3. The summed E-state index contributed by atoms with van der Waals surface area (Å²) in [7, 11) is 0. The fourth-order valence-corrected chi connectivity index (χ4v) is 3.13. The Morgan fingerprint density at radius 3 is 2.89 bits per heavy atom.